The zero-order chi connectivity index (χ0) is 9.84. The van der Waals surface area contributed by atoms with Gasteiger partial charge in [0.05, 0.1) is 10.7 Å². The summed E-state index contributed by atoms with van der Waals surface area (Å²) in [6.45, 7) is 8.20. The van der Waals surface area contributed by atoms with Crippen LogP contribution in [0.2, 0.25) is 0 Å². The number of allylic oxidation sites excluding steroid dienone is 1. The molecule has 0 saturated heterocycles. The molecule has 0 aliphatic rings. The topological polar surface area (TPSA) is 24.9 Å². The highest BCUT2D eigenvalue weighted by atomic mass is 32.1. The lowest BCUT2D eigenvalue weighted by atomic mass is 10.2. The molecule has 1 aromatic rings. The van der Waals surface area contributed by atoms with Gasteiger partial charge in [0.2, 0.25) is 0 Å². The second kappa shape index (κ2) is 4.42. The van der Waals surface area contributed by atoms with Crippen LogP contribution in [0.15, 0.2) is 17.7 Å². The fraction of sp³-hybridized carbons (Fsp3) is 0.500. The van der Waals surface area contributed by atoms with Crippen LogP contribution in [-0.2, 0) is 6.42 Å². The molecule has 1 N–H and O–H groups in total. The van der Waals surface area contributed by atoms with Gasteiger partial charge < -0.3 is 5.32 Å². The molecule has 2 nitrogen and oxygen atoms in total. The van der Waals surface area contributed by atoms with E-state index in [0.29, 0.717) is 5.92 Å². The van der Waals surface area contributed by atoms with Crippen molar-refractivity contribution in [1.29, 1.82) is 0 Å². The number of hydrogen-bond donors (Lipinski definition) is 1. The van der Waals surface area contributed by atoms with Crippen LogP contribution in [0, 0.1) is 0 Å². The molecule has 0 aromatic carbocycles. The molecule has 1 rings (SSSR count). The fourth-order valence-electron chi connectivity index (χ4n) is 0.976. The van der Waals surface area contributed by atoms with Crippen molar-refractivity contribution in [3.05, 3.63) is 28.4 Å². The second-order valence-electron chi connectivity index (χ2n) is 3.36. The van der Waals surface area contributed by atoms with E-state index >= 15 is 0 Å². The van der Waals surface area contributed by atoms with Gasteiger partial charge in [-0.25, -0.2) is 4.98 Å². The van der Waals surface area contributed by atoms with Crippen molar-refractivity contribution < 1.29 is 0 Å². The molecule has 0 atom stereocenters. The predicted molar refractivity (Wildman–Crippen MR) is 58.1 cm³/mol. The SMILES string of the molecule is C=C(Cc1csc(C(C)C)n1)NC. The summed E-state index contributed by atoms with van der Waals surface area (Å²) in [7, 11) is 1.89. The van der Waals surface area contributed by atoms with Crippen LogP contribution in [0.1, 0.15) is 30.5 Å². The van der Waals surface area contributed by atoms with Crippen molar-refractivity contribution in [2.75, 3.05) is 7.05 Å². The Morgan fingerprint density at radius 2 is 2.38 bits per heavy atom. The van der Waals surface area contributed by atoms with Crippen LogP contribution in [0.5, 0.6) is 0 Å². The summed E-state index contributed by atoms with van der Waals surface area (Å²) in [4.78, 5) is 4.52. The highest BCUT2D eigenvalue weighted by molar-refractivity contribution is 7.09. The van der Waals surface area contributed by atoms with E-state index in [1.807, 2.05) is 7.05 Å². The Kier molecular flexibility index (Phi) is 3.48. The molecule has 3 heteroatoms. The van der Waals surface area contributed by atoms with Gasteiger partial charge in [-0.05, 0) is 0 Å². The Bertz CT molecular complexity index is 289. The monoisotopic (exact) mass is 196 g/mol. The smallest absolute Gasteiger partial charge is 0.0953 e. The van der Waals surface area contributed by atoms with Crippen molar-refractivity contribution in [3.63, 3.8) is 0 Å². The molecule has 0 fully saturated rings. The van der Waals surface area contributed by atoms with E-state index in [1.165, 1.54) is 5.01 Å². The fourth-order valence-corrected chi connectivity index (χ4v) is 1.81. The Labute approximate surface area is 83.7 Å². The van der Waals surface area contributed by atoms with E-state index in [1.54, 1.807) is 11.3 Å². The highest BCUT2D eigenvalue weighted by Crippen LogP contribution is 2.19. The summed E-state index contributed by atoms with van der Waals surface area (Å²) >= 11 is 1.73. The third-order valence-corrected chi connectivity index (χ3v) is 3.01. The Morgan fingerprint density at radius 3 is 2.85 bits per heavy atom. The quantitative estimate of drug-likeness (QED) is 0.800. The molecule has 13 heavy (non-hydrogen) atoms. The van der Waals surface area contributed by atoms with Crippen molar-refractivity contribution >= 4 is 11.3 Å². The molecular formula is C10H16N2S. The molecule has 0 aliphatic heterocycles. The highest BCUT2D eigenvalue weighted by Gasteiger charge is 2.05. The molecule has 1 aromatic heterocycles. The summed E-state index contributed by atoms with van der Waals surface area (Å²) in [5.41, 5.74) is 2.13. The van der Waals surface area contributed by atoms with Gasteiger partial charge in [-0.15, -0.1) is 11.3 Å². The molecule has 0 saturated carbocycles. The van der Waals surface area contributed by atoms with Crippen LogP contribution < -0.4 is 5.32 Å². The van der Waals surface area contributed by atoms with Gasteiger partial charge in [0, 0.05) is 30.5 Å². The number of hydrogen-bond acceptors (Lipinski definition) is 3. The molecular weight excluding hydrogens is 180 g/mol. The maximum absolute atomic E-state index is 4.52. The number of thiazole rings is 1. The molecule has 0 spiro atoms. The molecule has 0 amide bonds. The summed E-state index contributed by atoms with van der Waals surface area (Å²) in [6.07, 6.45) is 0.833. The Hall–Kier alpha value is -0.830. The summed E-state index contributed by atoms with van der Waals surface area (Å²) in [6, 6.07) is 0. The number of nitrogens with zero attached hydrogens (tertiary/aromatic N) is 1. The molecule has 1 heterocycles. The summed E-state index contributed by atoms with van der Waals surface area (Å²) < 4.78 is 0. The third-order valence-electron chi connectivity index (χ3n) is 1.81. The standard InChI is InChI=1S/C10H16N2S/c1-7(2)10-12-9(6-13-10)5-8(3)11-4/h6-7,11H,3,5H2,1-2,4H3. The van der Waals surface area contributed by atoms with Gasteiger partial charge >= 0.3 is 0 Å². The lowest BCUT2D eigenvalue weighted by molar-refractivity contribution is 0.833. The van der Waals surface area contributed by atoms with Crippen LogP contribution >= 0.6 is 11.3 Å². The van der Waals surface area contributed by atoms with E-state index in [9.17, 15) is 0 Å². The Balaban J connectivity index is 2.64. The largest absolute Gasteiger partial charge is 0.392 e. The van der Waals surface area contributed by atoms with Crippen molar-refractivity contribution in [3.8, 4) is 0 Å². The molecule has 0 unspecified atom stereocenters. The summed E-state index contributed by atoms with van der Waals surface area (Å²) in [5, 5.41) is 6.34. The number of nitrogens with one attached hydrogen (secondary N) is 1. The zero-order valence-corrected chi connectivity index (χ0v) is 9.24. The first-order valence-electron chi connectivity index (χ1n) is 4.43. The Morgan fingerprint density at radius 1 is 1.69 bits per heavy atom. The minimum absolute atomic E-state index is 0.529. The first-order chi connectivity index (χ1) is 6.13. The minimum Gasteiger partial charge on any atom is -0.392 e. The molecule has 0 bridgehead atoms. The predicted octanol–water partition coefficient (Wildman–Crippen LogP) is 2.54. The minimum atomic E-state index is 0.529. The maximum atomic E-state index is 4.52. The van der Waals surface area contributed by atoms with Crippen LogP contribution in [0.4, 0.5) is 0 Å². The van der Waals surface area contributed by atoms with Gasteiger partial charge in [-0.3, -0.25) is 0 Å². The van der Waals surface area contributed by atoms with Crippen molar-refractivity contribution in [2.24, 2.45) is 0 Å². The van der Waals surface area contributed by atoms with E-state index in [0.717, 1.165) is 17.8 Å². The van der Waals surface area contributed by atoms with E-state index < -0.39 is 0 Å². The lowest BCUT2D eigenvalue weighted by Crippen LogP contribution is -2.07. The van der Waals surface area contributed by atoms with Gasteiger partial charge in [-0.2, -0.15) is 0 Å². The molecule has 0 aliphatic carbocycles. The van der Waals surface area contributed by atoms with Crippen LogP contribution in [-0.4, -0.2) is 12.0 Å². The average Bonchev–Trinajstić information content (AvgIpc) is 2.52. The first-order valence-corrected chi connectivity index (χ1v) is 5.31. The molecule has 72 valence electrons. The normalized spacial score (nSPS) is 10.5. The lowest BCUT2D eigenvalue weighted by Gasteiger charge is -2.01. The first kappa shape index (κ1) is 10.3. The van der Waals surface area contributed by atoms with Crippen LogP contribution in [0.3, 0.4) is 0 Å². The number of aromatic nitrogens is 1. The molecule has 0 radical (unpaired) electrons. The third kappa shape index (κ3) is 2.84. The zero-order valence-electron chi connectivity index (χ0n) is 8.42. The van der Waals surface area contributed by atoms with Gasteiger partial charge in [0.1, 0.15) is 0 Å². The van der Waals surface area contributed by atoms with Crippen LogP contribution in [0.25, 0.3) is 0 Å². The average molecular weight is 196 g/mol. The van der Waals surface area contributed by atoms with E-state index in [4.69, 9.17) is 0 Å². The van der Waals surface area contributed by atoms with Crippen molar-refractivity contribution in [2.45, 2.75) is 26.2 Å². The summed E-state index contributed by atoms with van der Waals surface area (Å²) in [5.74, 6) is 0.529. The second-order valence-corrected chi connectivity index (χ2v) is 4.25. The maximum Gasteiger partial charge on any atom is 0.0953 e. The number of likely N-dealkylation sites (N-methyl/N-ethyl adjacent to an activating group) is 1. The van der Waals surface area contributed by atoms with Gasteiger partial charge in [0.25, 0.3) is 0 Å². The van der Waals surface area contributed by atoms with Gasteiger partial charge in [-0.1, -0.05) is 20.4 Å². The van der Waals surface area contributed by atoms with E-state index in [-0.39, 0.29) is 0 Å². The van der Waals surface area contributed by atoms with Gasteiger partial charge in [0.15, 0.2) is 0 Å². The number of rotatable bonds is 4. The van der Waals surface area contributed by atoms with E-state index in [2.05, 4.69) is 36.1 Å². The van der Waals surface area contributed by atoms with Crippen molar-refractivity contribution in [1.82, 2.24) is 10.3 Å².